The number of nitrogens with zero attached hydrogens (tertiary/aromatic N) is 1. The Morgan fingerprint density at radius 1 is 1.38 bits per heavy atom. The Morgan fingerprint density at radius 3 is 2.81 bits per heavy atom. The van der Waals surface area contributed by atoms with Gasteiger partial charge in [-0.2, -0.15) is 0 Å². The van der Waals surface area contributed by atoms with Gasteiger partial charge in [0.15, 0.2) is 0 Å². The van der Waals surface area contributed by atoms with Crippen molar-refractivity contribution in [3.05, 3.63) is 28.7 Å². The van der Waals surface area contributed by atoms with Gasteiger partial charge in [0.1, 0.15) is 12.2 Å². The number of amides is 1. The molecular formula is C14H13BN2O2S2. The molecule has 106 valence electrons. The van der Waals surface area contributed by atoms with Crippen LogP contribution in [0.25, 0.3) is 6.08 Å². The van der Waals surface area contributed by atoms with Gasteiger partial charge in [-0.1, -0.05) is 41.6 Å². The van der Waals surface area contributed by atoms with Crippen molar-refractivity contribution in [3.8, 4) is 0 Å². The molecular weight excluding hydrogens is 303 g/mol. The van der Waals surface area contributed by atoms with Crippen LogP contribution in [0.3, 0.4) is 0 Å². The fraction of sp³-hybridized carbons (Fsp3) is 0.286. The predicted octanol–water partition coefficient (Wildman–Crippen LogP) is 0.806. The molecule has 0 bridgehead atoms. The zero-order chi connectivity index (χ0) is 14.8. The number of benzene rings is 1. The third-order valence-electron chi connectivity index (χ3n) is 3.33. The molecule has 1 aromatic carbocycles. The Labute approximate surface area is 134 Å². The summed E-state index contributed by atoms with van der Waals surface area (Å²) >= 11 is 6.29. The second-order valence-electron chi connectivity index (χ2n) is 4.77. The summed E-state index contributed by atoms with van der Waals surface area (Å²) in [5.74, 6) is -0.152. The van der Waals surface area contributed by atoms with Crippen LogP contribution < -0.4 is 15.7 Å². The Balaban J connectivity index is 1.96. The number of carbonyl (C=O) groups excluding carboxylic acids is 1. The number of rotatable bonds is 2. The van der Waals surface area contributed by atoms with Crippen molar-refractivity contribution >= 4 is 59.3 Å². The summed E-state index contributed by atoms with van der Waals surface area (Å²) < 4.78 is 5.87. The van der Waals surface area contributed by atoms with Crippen molar-refractivity contribution in [2.24, 2.45) is 0 Å². The van der Waals surface area contributed by atoms with E-state index >= 15 is 0 Å². The van der Waals surface area contributed by atoms with Crippen molar-refractivity contribution in [1.82, 2.24) is 5.32 Å². The van der Waals surface area contributed by atoms with Crippen LogP contribution in [0.1, 0.15) is 5.56 Å². The minimum absolute atomic E-state index is 0.152. The van der Waals surface area contributed by atoms with Gasteiger partial charge in [-0.15, -0.1) is 0 Å². The fourth-order valence-electron chi connectivity index (χ4n) is 2.34. The van der Waals surface area contributed by atoms with E-state index in [9.17, 15) is 4.79 Å². The van der Waals surface area contributed by atoms with Gasteiger partial charge in [-0.05, 0) is 17.7 Å². The summed E-state index contributed by atoms with van der Waals surface area (Å²) in [7, 11) is 5.89. The predicted molar refractivity (Wildman–Crippen MR) is 91.2 cm³/mol. The van der Waals surface area contributed by atoms with E-state index in [1.807, 2.05) is 24.3 Å². The number of nitrogens with one attached hydrogen (secondary N) is 1. The lowest BCUT2D eigenvalue weighted by Crippen LogP contribution is -2.36. The number of thioether (sulfide) groups is 1. The van der Waals surface area contributed by atoms with Gasteiger partial charge >= 0.3 is 0 Å². The lowest BCUT2D eigenvalue weighted by atomic mass is 9.93. The molecule has 0 aromatic heterocycles. The summed E-state index contributed by atoms with van der Waals surface area (Å²) in [5, 5.41) is 2.62. The van der Waals surface area contributed by atoms with Crippen molar-refractivity contribution in [2.45, 2.75) is 0 Å². The first kappa shape index (κ1) is 14.6. The molecule has 0 saturated carbocycles. The molecule has 2 radical (unpaired) electrons. The molecule has 2 fully saturated rings. The van der Waals surface area contributed by atoms with Gasteiger partial charge in [0.05, 0.1) is 18.1 Å². The molecule has 21 heavy (non-hydrogen) atoms. The highest BCUT2D eigenvalue weighted by molar-refractivity contribution is 8.26. The van der Waals surface area contributed by atoms with Gasteiger partial charge in [-0.25, -0.2) is 0 Å². The quantitative estimate of drug-likeness (QED) is 0.497. The first-order valence-electron chi connectivity index (χ1n) is 6.60. The van der Waals surface area contributed by atoms with Gasteiger partial charge in [0.2, 0.25) is 0 Å². The van der Waals surface area contributed by atoms with Crippen LogP contribution in [0, 0.1) is 0 Å². The molecule has 1 N–H and O–H groups in total. The average molecular weight is 316 g/mol. The van der Waals surface area contributed by atoms with Gasteiger partial charge < -0.3 is 15.0 Å². The van der Waals surface area contributed by atoms with Crippen molar-refractivity contribution in [2.75, 3.05) is 31.2 Å². The Hall–Kier alpha value is -1.31. The highest BCUT2D eigenvalue weighted by Crippen LogP contribution is 2.29. The summed E-state index contributed by atoms with van der Waals surface area (Å²) in [5.41, 5.74) is 2.66. The van der Waals surface area contributed by atoms with Gasteiger partial charge in [0.25, 0.3) is 5.91 Å². The zero-order valence-electron chi connectivity index (χ0n) is 11.3. The first-order chi connectivity index (χ1) is 10.1. The smallest absolute Gasteiger partial charge is 0.263 e. The van der Waals surface area contributed by atoms with E-state index in [1.54, 1.807) is 0 Å². The lowest BCUT2D eigenvalue weighted by molar-refractivity contribution is -0.115. The highest BCUT2D eigenvalue weighted by Gasteiger charge is 2.23. The van der Waals surface area contributed by atoms with Crippen LogP contribution in [0.2, 0.25) is 0 Å². The highest BCUT2D eigenvalue weighted by atomic mass is 32.2. The third-order valence-corrected chi connectivity index (χ3v) is 4.49. The minimum Gasteiger partial charge on any atom is -0.378 e. The van der Waals surface area contributed by atoms with Crippen LogP contribution in [0.4, 0.5) is 5.69 Å². The Bertz CT molecular complexity index is 627. The summed E-state index contributed by atoms with van der Waals surface area (Å²) in [6.07, 6.45) is 1.85. The average Bonchev–Trinajstić information content (AvgIpc) is 2.78. The maximum absolute atomic E-state index is 11.8. The molecule has 1 aromatic rings. The van der Waals surface area contributed by atoms with E-state index in [0.717, 1.165) is 24.3 Å². The molecule has 2 aliphatic heterocycles. The molecule has 2 aliphatic rings. The number of carbonyl (C=O) groups is 1. The minimum atomic E-state index is -0.152. The van der Waals surface area contributed by atoms with Gasteiger partial charge in [-0.3, -0.25) is 4.79 Å². The topological polar surface area (TPSA) is 41.6 Å². The van der Waals surface area contributed by atoms with Crippen LogP contribution in [0.15, 0.2) is 23.1 Å². The number of hydrogen-bond acceptors (Lipinski definition) is 5. The van der Waals surface area contributed by atoms with Crippen LogP contribution >= 0.6 is 24.0 Å². The summed E-state index contributed by atoms with van der Waals surface area (Å²) in [6.45, 7) is 3.08. The molecule has 0 spiro atoms. The number of ether oxygens (including phenoxy) is 1. The lowest BCUT2D eigenvalue weighted by Gasteiger charge is -2.30. The summed E-state index contributed by atoms with van der Waals surface area (Å²) in [4.78, 5) is 14.6. The fourth-order valence-corrected chi connectivity index (χ4v) is 3.38. The van der Waals surface area contributed by atoms with Crippen LogP contribution in [-0.2, 0) is 9.53 Å². The molecule has 3 rings (SSSR count). The molecule has 0 atom stereocenters. The maximum atomic E-state index is 11.8. The van der Waals surface area contributed by atoms with Crippen molar-refractivity contribution in [1.29, 1.82) is 0 Å². The first-order valence-corrected chi connectivity index (χ1v) is 7.83. The van der Waals surface area contributed by atoms with E-state index in [2.05, 4.69) is 10.2 Å². The monoisotopic (exact) mass is 316 g/mol. The standard InChI is InChI=1S/C14H13BN2O2S2/c15-10-1-2-11(17-3-5-19-6-4-17)9(7-10)8-12-13(18)16-14(20)21-12/h1-2,7-8H,3-6H2,(H,16,18,20)/b12-8-. The second-order valence-corrected chi connectivity index (χ2v) is 6.49. The zero-order valence-corrected chi connectivity index (χ0v) is 12.9. The van der Waals surface area contributed by atoms with Gasteiger partial charge in [0, 0.05) is 18.8 Å². The van der Waals surface area contributed by atoms with Crippen molar-refractivity contribution in [3.63, 3.8) is 0 Å². The molecule has 2 heterocycles. The molecule has 1 amide bonds. The van der Waals surface area contributed by atoms with E-state index in [0.29, 0.717) is 27.9 Å². The van der Waals surface area contributed by atoms with E-state index in [-0.39, 0.29) is 5.91 Å². The number of hydrogen-bond donors (Lipinski definition) is 1. The molecule has 0 aliphatic carbocycles. The third kappa shape index (κ3) is 3.31. The van der Waals surface area contributed by atoms with E-state index in [4.69, 9.17) is 24.8 Å². The van der Waals surface area contributed by atoms with Crippen molar-refractivity contribution < 1.29 is 9.53 Å². The molecule has 2 saturated heterocycles. The maximum Gasteiger partial charge on any atom is 0.263 e. The largest absolute Gasteiger partial charge is 0.378 e. The van der Waals surface area contributed by atoms with E-state index < -0.39 is 0 Å². The van der Waals surface area contributed by atoms with Crippen LogP contribution in [-0.4, -0.2) is 44.4 Å². The number of morpholine rings is 1. The van der Waals surface area contributed by atoms with E-state index in [1.165, 1.54) is 11.8 Å². The number of thiocarbonyl (C=S) groups is 1. The molecule has 7 heteroatoms. The Morgan fingerprint density at radius 2 is 2.14 bits per heavy atom. The normalized spacial score (nSPS) is 21.0. The Kier molecular flexibility index (Phi) is 4.33. The molecule has 0 unspecified atom stereocenters. The SMILES string of the molecule is [B]c1ccc(N2CCOCC2)c(/C=C2\SC(=S)NC2=O)c1. The number of anilines is 1. The summed E-state index contributed by atoms with van der Waals surface area (Å²) in [6, 6.07) is 5.75. The van der Waals surface area contributed by atoms with Crippen LogP contribution in [0.5, 0.6) is 0 Å². The second kappa shape index (κ2) is 6.21. The molecule has 4 nitrogen and oxygen atoms in total.